The third-order valence-corrected chi connectivity index (χ3v) is 8.04. The van der Waals surface area contributed by atoms with Crippen molar-refractivity contribution in [2.24, 2.45) is 0 Å². The first-order valence-corrected chi connectivity index (χ1v) is 14.3. The average Bonchev–Trinajstić information content (AvgIpc) is 3.08. The highest BCUT2D eigenvalue weighted by molar-refractivity contribution is 6.20. The monoisotopic (exact) mass is 534 g/mol. The van der Waals surface area contributed by atoms with Crippen molar-refractivity contribution in [2.75, 3.05) is 0 Å². The van der Waals surface area contributed by atoms with Crippen LogP contribution in [0.1, 0.15) is 0 Å². The summed E-state index contributed by atoms with van der Waals surface area (Å²) in [5, 5.41) is 7.53. The molecule has 0 aliphatic carbocycles. The highest BCUT2D eigenvalue weighted by Gasteiger charge is 2.15. The van der Waals surface area contributed by atoms with Crippen LogP contribution in [0.5, 0.6) is 0 Å². The third-order valence-electron chi connectivity index (χ3n) is 8.04. The van der Waals surface area contributed by atoms with Crippen molar-refractivity contribution < 1.29 is 0 Å². The molecule has 0 bridgehead atoms. The predicted molar refractivity (Wildman–Crippen MR) is 176 cm³/mol. The molecule has 0 N–H and O–H groups in total. The summed E-state index contributed by atoms with van der Waals surface area (Å²) in [6.45, 7) is 0. The number of fused-ring (bicyclic) bond motifs is 4. The Hall–Kier alpha value is -5.60. The molecule has 0 fully saturated rings. The number of nitrogens with zero attached hydrogens (tertiary/aromatic N) is 2. The van der Waals surface area contributed by atoms with Gasteiger partial charge in [-0.05, 0) is 61.6 Å². The minimum atomic E-state index is 0.722. The molecule has 1 heterocycles. The SMILES string of the molecule is c1ccc(-c2cc(-c3cccc(-c4c5ccccc5cc5c4ccc4ccccc45)c3)nc(-c3ccccc3)n2)cc1. The highest BCUT2D eigenvalue weighted by atomic mass is 14.9. The fraction of sp³-hybridized carbons (Fsp3) is 0. The molecule has 0 saturated heterocycles. The van der Waals surface area contributed by atoms with Crippen molar-refractivity contribution in [1.29, 1.82) is 0 Å². The molecule has 0 radical (unpaired) electrons. The highest BCUT2D eigenvalue weighted by Crippen LogP contribution is 2.40. The largest absolute Gasteiger partial charge is 0.228 e. The van der Waals surface area contributed by atoms with Gasteiger partial charge in [-0.1, -0.05) is 140 Å². The van der Waals surface area contributed by atoms with Crippen LogP contribution >= 0.6 is 0 Å². The van der Waals surface area contributed by atoms with Crippen LogP contribution in [0.15, 0.2) is 158 Å². The summed E-state index contributed by atoms with van der Waals surface area (Å²) < 4.78 is 0. The summed E-state index contributed by atoms with van der Waals surface area (Å²) in [5.41, 5.74) is 7.36. The fourth-order valence-corrected chi connectivity index (χ4v) is 6.03. The Morgan fingerprint density at radius 3 is 1.69 bits per heavy atom. The van der Waals surface area contributed by atoms with E-state index >= 15 is 0 Å². The van der Waals surface area contributed by atoms with E-state index in [1.54, 1.807) is 0 Å². The lowest BCUT2D eigenvalue weighted by Crippen LogP contribution is -1.96. The summed E-state index contributed by atoms with van der Waals surface area (Å²) >= 11 is 0. The van der Waals surface area contributed by atoms with Gasteiger partial charge in [-0.3, -0.25) is 0 Å². The van der Waals surface area contributed by atoms with Crippen LogP contribution in [-0.2, 0) is 0 Å². The third kappa shape index (κ3) is 4.22. The van der Waals surface area contributed by atoms with Crippen LogP contribution in [0, 0.1) is 0 Å². The van der Waals surface area contributed by atoms with E-state index in [0.717, 1.165) is 33.9 Å². The number of hydrogen-bond acceptors (Lipinski definition) is 2. The second kappa shape index (κ2) is 10.1. The molecule has 1 aromatic heterocycles. The number of aromatic nitrogens is 2. The van der Waals surface area contributed by atoms with Gasteiger partial charge in [0.25, 0.3) is 0 Å². The zero-order valence-electron chi connectivity index (χ0n) is 22.9. The molecule has 0 aliphatic rings. The quantitative estimate of drug-likeness (QED) is 0.166. The van der Waals surface area contributed by atoms with Gasteiger partial charge in [-0.15, -0.1) is 0 Å². The molecule has 196 valence electrons. The summed E-state index contributed by atoms with van der Waals surface area (Å²) in [5.74, 6) is 0.722. The maximum Gasteiger partial charge on any atom is 0.160 e. The smallest absolute Gasteiger partial charge is 0.160 e. The first-order valence-electron chi connectivity index (χ1n) is 14.3. The first-order chi connectivity index (χ1) is 20.8. The van der Waals surface area contributed by atoms with Crippen molar-refractivity contribution in [3.63, 3.8) is 0 Å². The Kier molecular flexibility index (Phi) is 5.82. The van der Waals surface area contributed by atoms with Crippen LogP contribution < -0.4 is 0 Å². The Morgan fingerprint density at radius 2 is 0.905 bits per heavy atom. The fourth-order valence-electron chi connectivity index (χ4n) is 6.03. The molecule has 2 heteroatoms. The molecular formula is C40H26N2. The van der Waals surface area contributed by atoms with E-state index < -0.39 is 0 Å². The molecule has 0 atom stereocenters. The van der Waals surface area contributed by atoms with Gasteiger partial charge < -0.3 is 0 Å². The summed E-state index contributed by atoms with van der Waals surface area (Å²) in [4.78, 5) is 10.1. The van der Waals surface area contributed by atoms with Gasteiger partial charge in [0.2, 0.25) is 0 Å². The molecule has 8 rings (SSSR count). The number of benzene rings is 7. The standard InChI is InChI=1S/C40H26N2/c1-3-13-28(14-4-1)37-26-38(42-40(41-37)29-15-5-2-6-16-29)31-18-11-19-32(24-31)39-34-21-10-8-17-30(34)25-36-33-20-9-7-12-27(33)22-23-35(36)39/h1-26H. The lowest BCUT2D eigenvalue weighted by Gasteiger charge is -2.15. The van der Waals surface area contributed by atoms with Crippen molar-refractivity contribution in [2.45, 2.75) is 0 Å². The van der Waals surface area contributed by atoms with E-state index in [9.17, 15) is 0 Å². The van der Waals surface area contributed by atoms with E-state index in [1.807, 2.05) is 24.3 Å². The molecule has 0 saturated carbocycles. The lowest BCUT2D eigenvalue weighted by atomic mass is 9.89. The van der Waals surface area contributed by atoms with Crippen LogP contribution in [0.3, 0.4) is 0 Å². The summed E-state index contributed by atoms with van der Waals surface area (Å²) in [7, 11) is 0. The first kappa shape index (κ1) is 24.2. The molecular weight excluding hydrogens is 508 g/mol. The van der Waals surface area contributed by atoms with Crippen LogP contribution in [-0.4, -0.2) is 9.97 Å². The van der Waals surface area contributed by atoms with Crippen LogP contribution in [0.25, 0.3) is 77.3 Å². The van der Waals surface area contributed by atoms with Crippen LogP contribution in [0.2, 0.25) is 0 Å². The molecule has 42 heavy (non-hydrogen) atoms. The van der Waals surface area contributed by atoms with E-state index in [0.29, 0.717) is 0 Å². The molecule has 7 aromatic carbocycles. The maximum atomic E-state index is 5.09. The predicted octanol–water partition coefficient (Wildman–Crippen LogP) is 10.6. The van der Waals surface area contributed by atoms with E-state index in [2.05, 4.69) is 133 Å². The molecule has 0 amide bonds. The maximum absolute atomic E-state index is 5.09. The Labute approximate surface area is 244 Å². The van der Waals surface area contributed by atoms with Gasteiger partial charge in [0.05, 0.1) is 11.4 Å². The van der Waals surface area contributed by atoms with Crippen LogP contribution in [0.4, 0.5) is 0 Å². The second-order valence-corrected chi connectivity index (χ2v) is 10.6. The van der Waals surface area contributed by atoms with Gasteiger partial charge in [-0.25, -0.2) is 9.97 Å². The summed E-state index contributed by atoms with van der Waals surface area (Å²) in [6.07, 6.45) is 0. The average molecular weight is 535 g/mol. The summed E-state index contributed by atoms with van der Waals surface area (Å²) in [6, 6.07) is 55.7. The van der Waals surface area contributed by atoms with Crippen molar-refractivity contribution in [3.05, 3.63) is 158 Å². The van der Waals surface area contributed by atoms with E-state index in [1.165, 1.54) is 43.4 Å². The van der Waals surface area contributed by atoms with Crippen molar-refractivity contribution in [1.82, 2.24) is 9.97 Å². The Bertz CT molecular complexity index is 2180. The van der Waals surface area contributed by atoms with Gasteiger partial charge >= 0.3 is 0 Å². The van der Waals surface area contributed by atoms with Gasteiger partial charge in [0, 0.05) is 16.7 Å². The van der Waals surface area contributed by atoms with Crippen molar-refractivity contribution >= 4 is 32.3 Å². The molecule has 2 nitrogen and oxygen atoms in total. The molecule has 0 spiro atoms. The molecule has 0 unspecified atom stereocenters. The normalized spacial score (nSPS) is 11.3. The van der Waals surface area contributed by atoms with Gasteiger partial charge in [0.1, 0.15) is 0 Å². The molecule has 8 aromatic rings. The van der Waals surface area contributed by atoms with Gasteiger partial charge in [0.15, 0.2) is 5.82 Å². The van der Waals surface area contributed by atoms with Crippen molar-refractivity contribution in [3.8, 4) is 45.0 Å². The number of rotatable bonds is 4. The minimum Gasteiger partial charge on any atom is -0.228 e. The molecule has 0 aliphatic heterocycles. The zero-order chi connectivity index (χ0) is 27.9. The van der Waals surface area contributed by atoms with E-state index in [4.69, 9.17) is 9.97 Å². The lowest BCUT2D eigenvalue weighted by molar-refractivity contribution is 1.18. The zero-order valence-corrected chi connectivity index (χ0v) is 22.9. The van der Waals surface area contributed by atoms with E-state index in [-0.39, 0.29) is 0 Å². The number of hydrogen-bond donors (Lipinski definition) is 0. The Balaban J connectivity index is 1.37. The van der Waals surface area contributed by atoms with Gasteiger partial charge in [-0.2, -0.15) is 0 Å². The minimum absolute atomic E-state index is 0.722. The second-order valence-electron chi connectivity index (χ2n) is 10.6. The topological polar surface area (TPSA) is 25.8 Å². The Morgan fingerprint density at radius 1 is 0.310 bits per heavy atom.